The van der Waals surface area contributed by atoms with Gasteiger partial charge in [-0.2, -0.15) is 0 Å². The van der Waals surface area contributed by atoms with Crippen molar-refractivity contribution < 1.29 is 28.7 Å². The number of ether oxygens (including phenoxy) is 1. The van der Waals surface area contributed by atoms with Gasteiger partial charge in [0.15, 0.2) is 6.10 Å². The number of carbonyl (C=O) groups is 2. The van der Waals surface area contributed by atoms with Gasteiger partial charge in [0.25, 0.3) is 5.91 Å². The highest BCUT2D eigenvalue weighted by Crippen LogP contribution is 2.32. The molecule has 1 atom stereocenters. The van der Waals surface area contributed by atoms with E-state index in [9.17, 15) is 14.2 Å². The Morgan fingerprint density at radius 1 is 1.25 bits per heavy atom. The quantitative estimate of drug-likeness (QED) is 0.500. The average Bonchev–Trinajstić information content (AvgIpc) is 2.45. The van der Waals surface area contributed by atoms with E-state index in [1.807, 2.05) is 13.8 Å². The molecular weight excluding hydrogens is 403 g/mol. The lowest BCUT2D eigenvalue weighted by atomic mass is 10.1. The van der Waals surface area contributed by atoms with Crippen molar-refractivity contribution in [1.82, 2.24) is 5.32 Å². The maximum Gasteiger partial charge on any atom is 0.412 e. The molecule has 0 fully saturated rings. The SMILES string of the molecule is CC(C)C[C@H](OC(=O)Nc1ccc(Br)cc1)C(=O)NCP(=O)(O)O. The number of rotatable bonds is 7. The van der Waals surface area contributed by atoms with Gasteiger partial charge in [0.1, 0.15) is 6.29 Å². The number of hydrogen-bond donors (Lipinski definition) is 4. The van der Waals surface area contributed by atoms with Crippen molar-refractivity contribution >= 4 is 41.2 Å². The molecule has 0 heterocycles. The molecule has 4 N–H and O–H groups in total. The summed E-state index contributed by atoms with van der Waals surface area (Å²) in [6, 6.07) is 6.76. The molecule has 0 saturated heterocycles. The minimum Gasteiger partial charge on any atom is -0.436 e. The largest absolute Gasteiger partial charge is 0.436 e. The Morgan fingerprint density at radius 2 is 1.83 bits per heavy atom. The summed E-state index contributed by atoms with van der Waals surface area (Å²) in [6.07, 6.45) is -2.56. The standard InChI is InChI=1S/C14H20BrN2O6P/c1-9(2)7-12(13(18)16-8-24(20,21)22)23-14(19)17-11-5-3-10(15)4-6-11/h3-6,9,12H,7-8H2,1-2H3,(H,16,18)(H,17,19)(H2,20,21,22)/t12-/m0/s1. The van der Waals surface area contributed by atoms with Gasteiger partial charge in [-0.25, -0.2) is 4.79 Å². The number of hydrogen-bond acceptors (Lipinski definition) is 4. The fourth-order valence-corrected chi connectivity index (χ4v) is 2.37. The maximum absolute atomic E-state index is 12.0. The molecule has 0 aliphatic rings. The van der Waals surface area contributed by atoms with Crippen LogP contribution in [-0.4, -0.2) is 34.2 Å². The Bertz CT molecular complexity index is 616. The molecule has 1 aromatic rings. The fourth-order valence-electron chi connectivity index (χ4n) is 1.74. The molecule has 0 radical (unpaired) electrons. The molecule has 8 nitrogen and oxygen atoms in total. The van der Waals surface area contributed by atoms with E-state index >= 15 is 0 Å². The molecule has 0 unspecified atom stereocenters. The first-order valence-electron chi connectivity index (χ1n) is 7.12. The van der Waals surface area contributed by atoms with Crippen molar-refractivity contribution in [3.63, 3.8) is 0 Å². The van der Waals surface area contributed by atoms with Gasteiger partial charge in [0.05, 0.1) is 0 Å². The summed E-state index contributed by atoms with van der Waals surface area (Å²) in [4.78, 5) is 41.5. The number of anilines is 1. The second kappa shape index (κ2) is 9.17. The molecule has 0 bridgehead atoms. The van der Waals surface area contributed by atoms with Crippen molar-refractivity contribution in [2.45, 2.75) is 26.4 Å². The van der Waals surface area contributed by atoms with E-state index in [0.717, 1.165) is 4.47 Å². The monoisotopic (exact) mass is 422 g/mol. The first-order valence-corrected chi connectivity index (χ1v) is 9.71. The molecule has 1 rings (SSSR count). The summed E-state index contributed by atoms with van der Waals surface area (Å²) in [5.41, 5.74) is 0.488. The lowest BCUT2D eigenvalue weighted by molar-refractivity contribution is -0.129. The number of nitrogens with one attached hydrogen (secondary N) is 2. The topological polar surface area (TPSA) is 125 Å². The Balaban J connectivity index is 2.66. The van der Waals surface area contributed by atoms with Crippen LogP contribution in [0.1, 0.15) is 20.3 Å². The summed E-state index contributed by atoms with van der Waals surface area (Å²) in [5.74, 6) is -0.714. The van der Waals surface area contributed by atoms with Gasteiger partial charge < -0.3 is 19.8 Å². The molecule has 0 aliphatic carbocycles. The van der Waals surface area contributed by atoms with Crippen molar-refractivity contribution in [3.05, 3.63) is 28.7 Å². The summed E-state index contributed by atoms with van der Waals surface area (Å²) in [5, 5.41) is 4.58. The second-order valence-electron chi connectivity index (χ2n) is 5.52. The van der Waals surface area contributed by atoms with Crippen LogP contribution in [0, 0.1) is 5.92 Å². The molecule has 0 aromatic heterocycles. The Kier molecular flexibility index (Phi) is 7.89. The van der Waals surface area contributed by atoms with E-state index in [-0.39, 0.29) is 12.3 Å². The molecule has 1 aromatic carbocycles. The van der Waals surface area contributed by atoms with E-state index in [2.05, 4.69) is 26.6 Å². The first-order chi connectivity index (χ1) is 11.1. The Hall–Kier alpha value is -1.41. The van der Waals surface area contributed by atoms with Crippen LogP contribution in [-0.2, 0) is 14.1 Å². The van der Waals surface area contributed by atoms with Crippen LogP contribution in [0.3, 0.4) is 0 Å². The minimum atomic E-state index is -4.38. The normalized spacial score (nSPS) is 12.6. The minimum absolute atomic E-state index is 0.0382. The third kappa shape index (κ3) is 8.44. The zero-order chi connectivity index (χ0) is 18.3. The van der Waals surface area contributed by atoms with Crippen molar-refractivity contribution in [2.75, 3.05) is 11.6 Å². The van der Waals surface area contributed by atoms with Crippen LogP contribution < -0.4 is 10.6 Å². The van der Waals surface area contributed by atoms with Gasteiger partial charge >= 0.3 is 13.7 Å². The highest BCUT2D eigenvalue weighted by atomic mass is 79.9. The molecule has 0 spiro atoms. The van der Waals surface area contributed by atoms with E-state index < -0.39 is 32.0 Å². The zero-order valence-corrected chi connectivity index (χ0v) is 15.7. The smallest absolute Gasteiger partial charge is 0.412 e. The lowest BCUT2D eigenvalue weighted by Gasteiger charge is -2.19. The summed E-state index contributed by atoms with van der Waals surface area (Å²) in [7, 11) is -4.38. The molecule has 10 heteroatoms. The predicted molar refractivity (Wildman–Crippen MR) is 92.5 cm³/mol. The molecule has 0 aliphatic heterocycles. The van der Waals surface area contributed by atoms with Gasteiger partial charge in [0.2, 0.25) is 0 Å². The average molecular weight is 423 g/mol. The summed E-state index contributed by atoms with van der Waals surface area (Å²) < 4.78 is 16.8. The van der Waals surface area contributed by atoms with Crippen LogP contribution >= 0.6 is 23.5 Å². The van der Waals surface area contributed by atoms with E-state index in [0.29, 0.717) is 5.69 Å². The van der Waals surface area contributed by atoms with Gasteiger partial charge in [-0.1, -0.05) is 29.8 Å². The number of carbonyl (C=O) groups excluding carboxylic acids is 2. The summed E-state index contributed by atoms with van der Waals surface area (Å²) >= 11 is 3.27. The van der Waals surface area contributed by atoms with E-state index in [4.69, 9.17) is 14.5 Å². The molecule has 24 heavy (non-hydrogen) atoms. The third-order valence-corrected chi connectivity index (χ3v) is 3.88. The van der Waals surface area contributed by atoms with E-state index in [1.54, 1.807) is 24.3 Å². The number of benzene rings is 1. The maximum atomic E-state index is 12.0. The molecular formula is C14H20BrN2O6P. The van der Waals surface area contributed by atoms with E-state index in [1.165, 1.54) is 0 Å². The van der Waals surface area contributed by atoms with Crippen molar-refractivity contribution in [2.24, 2.45) is 5.92 Å². The van der Waals surface area contributed by atoms with Crippen molar-refractivity contribution in [3.8, 4) is 0 Å². The third-order valence-electron chi connectivity index (χ3n) is 2.78. The molecule has 0 saturated carbocycles. The van der Waals surface area contributed by atoms with Gasteiger partial charge in [0, 0.05) is 10.2 Å². The van der Waals surface area contributed by atoms with Crippen LogP contribution in [0.25, 0.3) is 0 Å². The van der Waals surface area contributed by atoms with Crippen LogP contribution in [0.2, 0.25) is 0 Å². The zero-order valence-electron chi connectivity index (χ0n) is 13.2. The van der Waals surface area contributed by atoms with Gasteiger partial charge in [-0.15, -0.1) is 0 Å². The van der Waals surface area contributed by atoms with Crippen LogP contribution in [0.5, 0.6) is 0 Å². The highest BCUT2D eigenvalue weighted by molar-refractivity contribution is 9.10. The van der Waals surface area contributed by atoms with Gasteiger partial charge in [-0.3, -0.25) is 14.7 Å². The highest BCUT2D eigenvalue weighted by Gasteiger charge is 2.26. The summed E-state index contributed by atoms with van der Waals surface area (Å²) in [6.45, 7) is 3.67. The van der Waals surface area contributed by atoms with Crippen molar-refractivity contribution in [1.29, 1.82) is 0 Å². The molecule has 134 valence electrons. The fraction of sp³-hybridized carbons (Fsp3) is 0.429. The second-order valence-corrected chi connectivity index (χ2v) is 8.08. The number of amides is 2. The van der Waals surface area contributed by atoms with Gasteiger partial charge in [-0.05, 0) is 36.6 Å². The number of halogens is 1. The Morgan fingerprint density at radius 3 is 2.33 bits per heavy atom. The predicted octanol–water partition coefficient (Wildman–Crippen LogP) is 2.66. The van der Waals surface area contributed by atoms with Crippen LogP contribution in [0.15, 0.2) is 28.7 Å². The Labute approximate surface area is 148 Å². The lowest BCUT2D eigenvalue weighted by Crippen LogP contribution is -2.39. The van der Waals surface area contributed by atoms with Crippen LogP contribution in [0.4, 0.5) is 10.5 Å². The molecule has 2 amide bonds. The first kappa shape index (κ1) is 20.6.